The molecule has 169 valence electrons. The van der Waals surface area contributed by atoms with Crippen LogP contribution in [0.1, 0.15) is 97.5 Å². The third-order valence-electron chi connectivity index (χ3n) is 7.09. The van der Waals surface area contributed by atoms with Crippen LogP contribution < -0.4 is 0 Å². The maximum atomic E-state index is 2.52. The summed E-state index contributed by atoms with van der Waals surface area (Å²) < 4.78 is 0. The van der Waals surface area contributed by atoms with E-state index in [2.05, 4.69) is 46.8 Å². The van der Waals surface area contributed by atoms with Crippen molar-refractivity contribution in [2.75, 3.05) is 5.90 Å². The van der Waals surface area contributed by atoms with Gasteiger partial charge in [-0.1, -0.05) is 48.7 Å². The third-order valence-corrected chi connectivity index (χ3v) is 16.6. The van der Waals surface area contributed by atoms with Crippen molar-refractivity contribution in [1.29, 1.82) is 0 Å². The molecule has 1 radical (unpaired) electrons. The zero-order chi connectivity index (χ0) is 20.4. The molecule has 0 saturated heterocycles. The van der Waals surface area contributed by atoms with Crippen LogP contribution in [0.25, 0.3) is 0 Å². The molecule has 0 unspecified atom stereocenters. The third kappa shape index (κ3) is 10.2. The number of benzene rings is 1. The Balaban J connectivity index is 0.000000445. The molecule has 3 heteroatoms. The minimum absolute atomic E-state index is 0. The van der Waals surface area contributed by atoms with Gasteiger partial charge in [0.15, 0.2) is 5.90 Å². The van der Waals surface area contributed by atoms with Gasteiger partial charge in [-0.15, -0.1) is 0 Å². The Hall–Kier alpha value is 0.703. The van der Waals surface area contributed by atoms with E-state index in [1.54, 1.807) is 57.3 Å². The fourth-order valence-electron chi connectivity index (χ4n) is 5.41. The normalized spacial score (nSPS) is 18.7. The number of hydrogen-bond donors (Lipinski definition) is 0. The Kier molecular flexibility index (Phi) is 14.8. The molecule has 0 amide bonds. The molecule has 2 aliphatic rings. The smallest absolute Gasteiger partial charge is 0.0622 e. The quantitative estimate of drug-likeness (QED) is 0.257. The first-order chi connectivity index (χ1) is 13.5. The molecule has 29 heavy (non-hydrogen) atoms. The van der Waals surface area contributed by atoms with Gasteiger partial charge in [0, 0.05) is 35.3 Å². The molecule has 0 atom stereocenters. The molecule has 1 aromatic rings. The summed E-state index contributed by atoms with van der Waals surface area (Å²) in [6, 6.07) is 10.3. The SMILES string of the molecule is CC(C)[PH+](C[PH+](C1CCCCC1)C1CCCCC1)C(C)C.Cc1ccccc1.[Rh]. The first-order valence-corrected chi connectivity index (χ1v) is 15.9. The molecule has 2 aliphatic carbocycles. The molecule has 0 N–H and O–H groups in total. The van der Waals surface area contributed by atoms with Crippen molar-refractivity contribution in [3.63, 3.8) is 0 Å². The second-order valence-corrected chi connectivity index (χ2v) is 17.6. The van der Waals surface area contributed by atoms with Gasteiger partial charge in [0.25, 0.3) is 0 Å². The molecule has 0 bridgehead atoms. The van der Waals surface area contributed by atoms with Crippen molar-refractivity contribution in [1.82, 2.24) is 0 Å². The van der Waals surface area contributed by atoms with Crippen molar-refractivity contribution >= 4 is 15.8 Å². The Morgan fingerprint density at radius 1 is 0.724 bits per heavy atom. The van der Waals surface area contributed by atoms with E-state index in [0.717, 1.165) is 11.3 Å². The van der Waals surface area contributed by atoms with Crippen LogP contribution in [-0.4, -0.2) is 28.5 Å². The molecular weight excluding hydrogens is 477 g/mol. The van der Waals surface area contributed by atoms with Gasteiger partial charge in [-0.3, -0.25) is 0 Å². The molecule has 0 nitrogen and oxygen atoms in total. The van der Waals surface area contributed by atoms with E-state index >= 15 is 0 Å². The predicted molar refractivity (Wildman–Crippen MR) is 137 cm³/mol. The average molecular weight is 526 g/mol. The number of hydrogen-bond acceptors (Lipinski definition) is 0. The molecular formula is C26H48P2Rh+2. The summed E-state index contributed by atoms with van der Waals surface area (Å²) >= 11 is 0. The standard InChI is InChI=1S/C19H38P2.C7H8.Rh/c1-16(2)20(17(3)4)15-21(18-11-7-5-8-12-18)19-13-9-6-10-14-19;1-7-5-3-2-4-6-7;/h16-19H,5-15H2,1-4H3;2-6H,1H3;/p+2. The van der Waals surface area contributed by atoms with Gasteiger partial charge in [-0.25, -0.2) is 0 Å². The van der Waals surface area contributed by atoms with Gasteiger partial charge >= 0.3 is 0 Å². The van der Waals surface area contributed by atoms with Gasteiger partial charge < -0.3 is 0 Å². The van der Waals surface area contributed by atoms with Crippen LogP contribution in [0.4, 0.5) is 0 Å². The van der Waals surface area contributed by atoms with Crippen LogP contribution in [0.2, 0.25) is 0 Å². The maximum Gasteiger partial charge on any atom is 0.156 e. The van der Waals surface area contributed by atoms with Gasteiger partial charge in [-0.05, 0) is 86.0 Å². The van der Waals surface area contributed by atoms with Crippen LogP contribution in [-0.2, 0) is 19.5 Å². The maximum absolute atomic E-state index is 2.52. The fraction of sp³-hybridized carbons (Fsp3) is 0.769. The second kappa shape index (κ2) is 15.5. The van der Waals surface area contributed by atoms with Crippen molar-refractivity contribution in [2.45, 2.75) is 121 Å². The van der Waals surface area contributed by atoms with Crippen LogP contribution in [0.5, 0.6) is 0 Å². The Morgan fingerprint density at radius 2 is 1.14 bits per heavy atom. The monoisotopic (exact) mass is 525 g/mol. The molecule has 0 heterocycles. The van der Waals surface area contributed by atoms with E-state index in [4.69, 9.17) is 0 Å². The summed E-state index contributed by atoms with van der Waals surface area (Å²) in [6.07, 6.45) is 15.7. The summed E-state index contributed by atoms with van der Waals surface area (Å²) in [5.74, 6) is 1.74. The minimum Gasteiger partial charge on any atom is -0.0622 e. The van der Waals surface area contributed by atoms with Crippen LogP contribution >= 0.6 is 15.8 Å². The topological polar surface area (TPSA) is 0 Å². The zero-order valence-electron chi connectivity index (χ0n) is 19.8. The van der Waals surface area contributed by atoms with Crippen molar-refractivity contribution in [3.8, 4) is 0 Å². The van der Waals surface area contributed by atoms with E-state index in [1.165, 1.54) is 29.7 Å². The molecule has 1 aromatic carbocycles. The molecule has 0 spiro atoms. The van der Waals surface area contributed by atoms with Crippen LogP contribution in [0, 0.1) is 6.92 Å². The first kappa shape index (κ1) is 27.7. The largest absolute Gasteiger partial charge is 0.156 e. The zero-order valence-corrected chi connectivity index (χ0v) is 23.4. The van der Waals surface area contributed by atoms with Gasteiger partial charge in [0.05, 0.1) is 22.6 Å². The summed E-state index contributed by atoms with van der Waals surface area (Å²) in [5, 5.41) is 0. The summed E-state index contributed by atoms with van der Waals surface area (Å²) in [6.45, 7) is 12.2. The van der Waals surface area contributed by atoms with Crippen molar-refractivity contribution in [3.05, 3.63) is 35.9 Å². The minimum atomic E-state index is -0.129. The van der Waals surface area contributed by atoms with E-state index in [0.29, 0.717) is 0 Å². The van der Waals surface area contributed by atoms with Gasteiger partial charge in [-0.2, -0.15) is 0 Å². The predicted octanol–water partition coefficient (Wildman–Crippen LogP) is 8.85. The number of rotatable bonds is 6. The van der Waals surface area contributed by atoms with Gasteiger partial charge in [0.2, 0.25) is 0 Å². The van der Waals surface area contributed by atoms with E-state index in [-0.39, 0.29) is 35.3 Å². The first-order valence-electron chi connectivity index (χ1n) is 12.2. The van der Waals surface area contributed by atoms with E-state index < -0.39 is 0 Å². The summed E-state index contributed by atoms with van der Waals surface area (Å²) in [4.78, 5) is 0. The van der Waals surface area contributed by atoms with Crippen molar-refractivity contribution in [2.24, 2.45) is 0 Å². The molecule has 0 aromatic heterocycles. The summed E-state index contributed by atoms with van der Waals surface area (Å²) in [5.41, 5.74) is 5.69. The van der Waals surface area contributed by atoms with Crippen LogP contribution in [0.3, 0.4) is 0 Å². The summed E-state index contributed by atoms with van der Waals surface area (Å²) in [7, 11) is -0.217. The fourth-order valence-corrected chi connectivity index (χ4v) is 17.2. The Labute approximate surface area is 198 Å². The average Bonchev–Trinajstić information content (AvgIpc) is 2.70. The van der Waals surface area contributed by atoms with Crippen molar-refractivity contribution < 1.29 is 19.5 Å². The van der Waals surface area contributed by atoms with E-state index in [9.17, 15) is 0 Å². The molecule has 0 aliphatic heterocycles. The van der Waals surface area contributed by atoms with E-state index in [1.807, 2.05) is 18.2 Å². The van der Waals surface area contributed by atoms with Gasteiger partial charge in [0.1, 0.15) is 0 Å². The number of aryl methyl sites for hydroxylation is 1. The molecule has 3 rings (SSSR count). The molecule has 2 saturated carbocycles. The molecule has 2 fully saturated rings. The second-order valence-electron chi connectivity index (χ2n) is 9.96. The Morgan fingerprint density at radius 3 is 1.45 bits per heavy atom. The van der Waals surface area contributed by atoms with Crippen LogP contribution in [0.15, 0.2) is 30.3 Å². The Bertz CT molecular complexity index is 479.